The second kappa shape index (κ2) is 14.5. The van der Waals surface area contributed by atoms with Crippen LogP contribution in [0.2, 0.25) is 0 Å². The Bertz CT molecular complexity index is 1790. The number of amides is 3. The van der Waals surface area contributed by atoms with Gasteiger partial charge in [-0.15, -0.1) is 5.10 Å². The first-order valence-electron chi connectivity index (χ1n) is 17.4. The highest BCUT2D eigenvalue weighted by atomic mass is 16.6. The summed E-state index contributed by atoms with van der Waals surface area (Å²) < 4.78 is 14.3. The van der Waals surface area contributed by atoms with Gasteiger partial charge in [-0.3, -0.25) is 19.2 Å². The summed E-state index contributed by atoms with van der Waals surface area (Å²) in [6.07, 6.45) is 9.17. The normalized spacial score (nSPS) is 29.0. The van der Waals surface area contributed by atoms with Gasteiger partial charge in [0.05, 0.1) is 24.1 Å². The maximum atomic E-state index is 15.0. The van der Waals surface area contributed by atoms with Gasteiger partial charge in [-0.1, -0.05) is 84.8 Å². The predicted octanol–water partition coefficient (Wildman–Crippen LogP) is 2.67. The summed E-state index contributed by atoms with van der Waals surface area (Å²) in [4.78, 5) is 59.7. The number of nitrogens with zero attached hydrogens (tertiary/aromatic N) is 5. The molecule has 1 aromatic heterocycles. The number of allylic oxidation sites excluding steroid dienone is 1. The van der Waals surface area contributed by atoms with E-state index < -0.39 is 41.7 Å². The lowest BCUT2D eigenvalue weighted by Gasteiger charge is -2.35. The molecule has 5 bridgehead atoms. The van der Waals surface area contributed by atoms with Crippen molar-refractivity contribution in [1.29, 1.82) is 0 Å². The summed E-state index contributed by atoms with van der Waals surface area (Å²) in [5.41, 5.74) is 0.768. The zero-order chi connectivity index (χ0) is 34.7. The maximum Gasteiger partial charge on any atom is 0.313 e. The van der Waals surface area contributed by atoms with Crippen LogP contribution in [0.15, 0.2) is 78.9 Å². The molecule has 3 aromatic rings. The quantitative estimate of drug-likeness (QED) is 0.197. The highest BCUT2D eigenvalue weighted by molar-refractivity contribution is 5.99. The number of benzene rings is 2. The Morgan fingerprint density at radius 1 is 0.940 bits per heavy atom. The van der Waals surface area contributed by atoms with Crippen LogP contribution in [-0.4, -0.2) is 97.6 Å². The first-order chi connectivity index (χ1) is 24.4. The molecular weight excluding hydrogens is 640 g/mol. The number of aromatic nitrogens is 3. The molecule has 13 heteroatoms. The first kappa shape index (κ1) is 33.6. The Balaban J connectivity index is 1.26. The fraction of sp³-hybridized carbons (Fsp3) is 0.459. The number of unbranched alkanes of at least 4 members (excludes halogenated alkanes) is 3. The molecule has 6 atom stereocenters. The predicted molar refractivity (Wildman–Crippen MR) is 181 cm³/mol. The molecule has 2 aromatic carbocycles. The fourth-order valence-corrected chi connectivity index (χ4v) is 7.72. The molecule has 4 aliphatic rings. The Morgan fingerprint density at radius 3 is 2.58 bits per heavy atom. The summed E-state index contributed by atoms with van der Waals surface area (Å²) in [5.74, 6) is -3.44. The van der Waals surface area contributed by atoms with Crippen molar-refractivity contribution < 1.29 is 33.8 Å². The third-order valence-electron chi connectivity index (χ3n) is 10.2. The Labute approximate surface area is 289 Å². The van der Waals surface area contributed by atoms with Crippen molar-refractivity contribution in [1.82, 2.24) is 30.1 Å². The van der Waals surface area contributed by atoms with Crippen LogP contribution < -0.4 is 5.32 Å². The number of ether oxygens (including phenoxy) is 2. The number of aliphatic hydroxyl groups is 1. The standard InChI is InChI=1S/C37H42N6O7/c44-22-12-2-1-11-21-42-33-35(47)41(24-43-27-16-9-8-15-26(27)39-40-43)20-10-4-7-17-30(45)38-23-29(25-13-5-3-6-14-25)49-36(48)31-28-18-19-37(33,50-28)32(31)34(42)46/h3-6,8-10,13-16,18-19,28-29,31-33,44H,1-2,7,11-12,17,20-24H2,(H,38,45)/b10-4-/t28-,29-,31+,32+,33-,37+/m0/s1. The van der Waals surface area contributed by atoms with Crippen LogP contribution >= 0.6 is 0 Å². The van der Waals surface area contributed by atoms with Gasteiger partial charge in [-0.05, 0) is 37.0 Å². The van der Waals surface area contributed by atoms with E-state index in [1.54, 1.807) is 26.6 Å². The number of hydrogen-bond donors (Lipinski definition) is 2. The summed E-state index contributed by atoms with van der Waals surface area (Å²) in [5, 5.41) is 20.8. The minimum absolute atomic E-state index is 0.0529. The molecule has 2 N–H and O–H groups in total. The average Bonchev–Trinajstić information content (AvgIpc) is 3.88. The van der Waals surface area contributed by atoms with E-state index in [0.29, 0.717) is 30.3 Å². The summed E-state index contributed by atoms with van der Waals surface area (Å²) in [6, 6.07) is 15.6. The number of para-hydroxylation sites is 1. The number of rotatable bonds is 9. The minimum Gasteiger partial charge on any atom is -0.455 e. The lowest BCUT2D eigenvalue weighted by Crippen LogP contribution is -2.56. The molecule has 0 saturated carbocycles. The molecule has 0 unspecified atom stereocenters. The molecule has 4 aliphatic heterocycles. The van der Waals surface area contributed by atoms with Gasteiger partial charge in [-0.25, -0.2) is 4.68 Å². The van der Waals surface area contributed by atoms with E-state index in [0.717, 1.165) is 18.4 Å². The van der Waals surface area contributed by atoms with Crippen molar-refractivity contribution in [3.8, 4) is 0 Å². The van der Waals surface area contributed by atoms with Gasteiger partial charge in [-0.2, -0.15) is 0 Å². The molecule has 0 aliphatic carbocycles. The minimum atomic E-state index is -1.37. The molecule has 262 valence electrons. The van der Waals surface area contributed by atoms with E-state index in [2.05, 4.69) is 15.6 Å². The molecule has 2 fully saturated rings. The molecule has 7 rings (SSSR count). The van der Waals surface area contributed by atoms with Gasteiger partial charge < -0.3 is 29.7 Å². The van der Waals surface area contributed by atoms with E-state index in [1.165, 1.54) is 0 Å². The number of carbonyl (C=O) groups excluding carboxylic acids is 4. The van der Waals surface area contributed by atoms with Crippen LogP contribution in [0.4, 0.5) is 0 Å². The lowest BCUT2D eigenvalue weighted by atomic mass is 9.74. The van der Waals surface area contributed by atoms with Gasteiger partial charge in [0.1, 0.15) is 35.9 Å². The number of aliphatic hydroxyl groups excluding tert-OH is 1. The van der Waals surface area contributed by atoms with Crippen molar-refractivity contribution in [3.63, 3.8) is 0 Å². The summed E-state index contributed by atoms with van der Waals surface area (Å²) >= 11 is 0. The Morgan fingerprint density at radius 2 is 1.74 bits per heavy atom. The Hall–Kier alpha value is -4.88. The van der Waals surface area contributed by atoms with Crippen LogP contribution in [0.5, 0.6) is 0 Å². The number of esters is 1. The highest BCUT2D eigenvalue weighted by Crippen LogP contribution is 2.56. The average molecular weight is 683 g/mol. The topological polar surface area (TPSA) is 156 Å². The molecule has 13 nitrogen and oxygen atoms in total. The van der Waals surface area contributed by atoms with Crippen LogP contribution in [0.25, 0.3) is 11.0 Å². The smallest absolute Gasteiger partial charge is 0.313 e. The number of fused-ring (bicyclic) bond motifs is 3. The second-order valence-electron chi connectivity index (χ2n) is 13.3. The van der Waals surface area contributed by atoms with Crippen LogP contribution in [0.1, 0.15) is 50.2 Å². The maximum absolute atomic E-state index is 15.0. The van der Waals surface area contributed by atoms with Crippen LogP contribution in [0, 0.1) is 11.8 Å². The molecule has 0 radical (unpaired) electrons. The molecule has 1 spiro atoms. The fourth-order valence-electron chi connectivity index (χ4n) is 7.72. The van der Waals surface area contributed by atoms with E-state index in [1.807, 2.05) is 66.7 Å². The van der Waals surface area contributed by atoms with Gasteiger partial charge in [0.2, 0.25) is 11.8 Å². The lowest BCUT2D eigenvalue weighted by molar-refractivity contribution is -0.159. The van der Waals surface area contributed by atoms with Crippen molar-refractivity contribution in [2.24, 2.45) is 11.8 Å². The van der Waals surface area contributed by atoms with Gasteiger partial charge in [0, 0.05) is 26.1 Å². The molecular formula is C37H42N6O7. The first-order valence-corrected chi connectivity index (χ1v) is 17.4. The van der Waals surface area contributed by atoms with Crippen molar-refractivity contribution in [3.05, 3.63) is 84.5 Å². The van der Waals surface area contributed by atoms with E-state index in [-0.39, 0.29) is 57.1 Å². The zero-order valence-electron chi connectivity index (χ0n) is 27.8. The Kier molecular flexibility index (Phi) is 9.77. The summed E-state index contributed by atoms with van der Waals surface area (Å²) in [7, 11) is 0. The number of nitrogens with one attached hydrogen (secondary N) is 1. The van der Waals surface area contributed by atoms with E-state index in [9.17, 15) is 24.3 Å². The third-order valence-corrected chi connectivity index (χ3v) is 10.2. The third kappa shape index (κ3) is 6.31. The second-order valence-corrected chi connectivity index (χ2v) is 13.3. The van der Waals surface area contributed by atoms with Crippen molar-refractivity contribution >= 4 is 34.7 Å². The molecule has 2 saturated heterocycles. The van der Waals surface area contributed by atoms with Gasteiger partial charge in [0.15, 0.2) is 0 Å². The largest absolute Gasteiger partial charge is 0.455 e. The molecule has 3 amide bonds. The van der Waals surface area contributed by atoms with Gasteiger partial charge in [0.25, 0.3) is 5.91 Å². The number of carbonyl (C=O) groups is 4. The monoisotopic (exact) mass is 682 g/mol. The number of likely N-dealkylation sites (tertiary alicyclic amines) is 1. The van der Waals surface area contributed by atoms with Crippen LogP contribution in [-0.2, 0) is 35.3 Å². The summed E-state index contributed by atoms with van der Waals surface area (Å²) in [6.45, 7) is 0.677. The number of hydrogen-bond acceptors (Lipinski definition) is 9. The van der Waals surface area contributed by atoms with E-state index in [4.69, 9.17) is 9.47 Å². The molecule has 50 heavy (non-hydrogen) atoms. The molecule has 5 heterocycles. The highest BCUT2D eigenvalue weighted by Gasteiger charge is 2.73. The van der Waals surface area contributed by atoms with Gasteiger partial charge >= 0.3 is 5.97 Å². The zero-order valence-corrected chi connectivity index (χ0v) is 27.8. The van der Waals surface area contributed by atoms with Crippen molar-refractivity contribution in [2.45, 2.75) is 69.0 Å². The van der Waals surface area contributed by atoms with Crippen molar-refractivity contribution in [2.75, 3.05) is 26.2 Å². The number of cyclic esters (lactones) is 1. The van der Waals surface area contributed by atoms with Crippen LogP contribution in [0.3, 0.4) is 0 Å². The van der Waals surface area contributed by atoms with E-state index >= 15 is 0 Å². The SMILES string of the molecule is O=C1CC/C=C\CN(Cn2nnc3ccccc32)C(=O)[C@@H]2N(CCCCCCO)C(=O)[C@H]3[C@H](C(=O)O[C@H](c4ccccc4)CN1)[C@@H]1C=C[C@]23O1.